The number of ketones is 1. The average molecular weight is 238 g/mol. The fourth-order valence-electron chi connectivity index (χ4n) is 1.97. The van der Waals surface area contributed by atoms with Gasteiger partial charge in [-0.05, 0) is 12.8 Å². The van der Waals surface area contributed by atoms with Crippen LogP contribution in [0.4, 0.5) is 0 Å². The lowest BCUT2D eigenvalue weighted by Gasteiger charge is -2.12. The molecule has 17 heavy (non-hydrogen) atoms. The van der Waals surface area contributed by atoms with Gasteiger partial charge in [0.1, 0.15) is 5.78 Å². The van der Waals surface area contributed by atoms with Crippen LogP contribution in [0.25, 0.3) is 0 Å². The number of hydrogen-bond donors (Lipinski definition) is 1. The molecule has 0 radical (unpaired) electrons. The van der Waals surface area contributed by atoms with Crippen LogP contribution in [0.2, 0.25) is 0 Å². The molecule has 0 fully saturated rings. The summed E-state index contributed by atoms with van der Waals surface area (Å²) >= 11 is 0. The van der Waals surface area contributed by atoms with Crippen molar-refractivity contribution in [2.75, 3.05) is 0 Å². The van der Waals surface area contributed by atoms with E-state index in [4.69, 9.17) is 0 Å². The lowest BCUT2D eigenvalue weighted by atomic mass is 9.92. The zero-order chi connectivity index (χ0) is 12.5. The molecule has 1 rings (SSSR count). The molecule has 0 saturated heterocycles. The van der Waals surface area contributed by atoms with Gasteiger partial charge < -0.3 is 0 Å². The summed E-state index contributed by atoms with van der Waals surface area (Å²) in [5, 5.41) is 13.5. The number of H-pyrrole nitrogens is 1. The molecule has 1 unspecified atom stereocenters. The maximum Gasteiger partial charge on any atom is 0.181 e. The van der Waals surface area contributed by atoms with Crippen molar-refractivity contribution >= 4 is 5.78 Å². The molecule has 0 aliphatic carbocycles. The highest BCUT2D eigenvalue weighted by Gasteiger charge is 2.17. The van der Waals surface area contributed by atoms with E-state index in [2.05, 4.69) is 34.5 Å². The Kier molecular flexibility index (Phi) is 6.43. The maximum atomic E-state index is 12.0. The third kappa shape index (κ3) is 5.06. The van der Waals surface area contributed by atoms with Gasteiger partial charge >= 0.3 is 0 Å². The van der Waals surface area contributed by atoms with Crippen molar-refractivity contribution < 1.29 is 4.79 Å². The van der Waals surface area contributed by atoms with Gasteiger partial charge in [-0.2, -0.15) is 5.21 Å². The quantitative estimate of drug-likeness (QED) is 0.670. The fraction of sp³-hybridized carbons (Fsp3) is 0.833. The highest BCUT2D eigenvalue weighted by atomic mass is 16.1. The molecule has 0 aliphatic heterocycles. The minimum Gasteiger partial charge on any atom is -0.299 e. The number of rotatable bonds is 9. The molecule has 5 heteroatoms. The van der Waals surface area contributed by atoms with Gasteiger partial charge in [-0.1, -0.05) is 44.7 Å². The van der Waals surface area contributed by atoms with Gasteiger partial charge in [0.15, 0.2) is 5.82 Å². The molecule has 0 amide bonds. The van der Waals surface area contributed by atoms with Crippen LogP contribution in [-0.4, -0.2) is 26.4 Å². The lowest BCUT2D eigenvalue weighted by Crippen LogP contribution is -2.17. The summed E-state index contributed by atoms with van der Waals surface area (Å²) in [6.45, 7) is 4.26. The first-order valence-electron chi connectivity index (χ1n) is 6.53. The van der Waals surface area contributed by atoms with Crippen molar-refractivity contribution in [1.29, 1.82) is 0 Å². The van der Waals surface area contributed by atoms with Crippen molar-refractivity contribution in [2.24, 2.45) is 5.92 Å². The molecule has 0 spiro atoms. The van der Waals surface area contributed by atoms with Crippen LogP contribution in [0.1, 0.15) is 58.2 Å². The van der Waals surface area contributed by atoms with E-state index >= 15 is 0 Å². The van der Waals surface area contributed by atoms with E-state index in [0.717, 1.165) is 19.3 Å². The average Bonchev–Trinajstić information content (AvgIpc) is 2.82. The Labute approximate surface area is 102 Å². The summed E-state index contributed by atoms with van der Waals surface area (Å²) in [7, 11) is 0. The van der Waals surface area contributed by atoms with Gasteiger partial charge in [-0.3, -0.25) is 4.79 Å². The van der Waals surface area contributed by atoms with Gasteiger partial charge in [0, 0.05) is 5.92 Å². The van der Waals surface area contributed by atoms with E-state index in [1.54, 1.807) is 0 Å². The number of aromatic nitrogens is 4. The van der Waals surface area contributed by atoms with E-state index in [9.17, 15) is 4.79 Å². The standard InChI is InChI=1S/C12H22N4O/c1-3-5-6-7-8-10(4-2)11(17)9-12-13-15-16-14-12/h10H,3-9H2,1-2H3,(H,13,14,15,16). The molecule has 1 atom stereocenters. The highest BCUT2D eigenvalue weighted by molar-refractivity contribution is 5.82. The minimum atomic E-state index is 0.158. The predicted molar refractivity (Wildman–Crippen MR) is 65.4 cm³/mol. The zero-order valence-corrected chi connectivity index (χ0v) is 10.8. The first-order chi connectivity index (χ1) is 8.27. The van der Waals surface area contributed by atoms with Crippen LogP contribution in [0.15, 0.2) is 0 Å². The SMILES string of the molecule is CCCCCCC(CC)C(=O)Cc1nn[nH]n1. The molecular weight excluding hydrogens is 216 g/mol. The van der Waals surface area contributed by atoms with Crippen LogP contribution in [-0.2, 0) is 11.2 Å². The minimum absolute atomic E-state index is 0.158. The van der Waals surface area contributed by atoms with Gasteiger partial charge in [-0.25, -0.2) is 0 Å². The molecule has 0 aliphatic rings. The molecule has 96 valence electrons. The van der Waals surface area contributed by atoms with Crippen molar-refractivity contribution in [3.8, 4) is 0 Å². The first-order valence-corrected chi connectivity index (χ1v) is 6.53. The summed E-state index contributed by atoms with van der Waals surface area (Å²) in [5.74, 6) is 0.901. The number of tetrazole rings is 1. The largest absolute Gasteiger partial charge is 0.299 e. The number of hydrogen-bond acceptors (Lipinski definition) is 4. The second kappa shape index (κ2) is 7.92. The topological polar surface area (TPSA) is 71.5 Å². The summed E-state index contributed by atoms with van der Waals surface area (Å²) < 4.78 is 0. The van der Waals surface area contributed by atoms with E-state index in [1.165, 1.54) is 19.3 Å². The monoisotopic (exact) mass is 238 g/mol. The molecule has 1 aromatic rings. The van der Waals surface area contributed by atoms with Crippen LogP contribution >= 0.6 is 0 Å². The third-order valence-electron chi connectivity index (χ3n) is 3.08. The van der Waals surface area contributed by atoms with E-state index in [0.29, 0.717) is 12.2 Å². The number of carbonyl (C=O) groups is 1. The Balaban J connectivity index is 2.31. The normalized spacial score (nSPS) is 12.6. The van der Waals surface area contributed by atoms with Crippen LogP contribution in [0.5, 0.6) is 0 Å². The Morgan fingerprint density at radius 2 is 2.12 bits per heavy atom. The third-order valence-corrected chi connectivity index (χ3v) is 3.08. The molecule has 5 nitrogen and oxygen atoms in total. The molecule has 1 heterocycles. The van der Waals surface area contributed by atoms with Crippen LogP contribution in [0.3, 0.4) is 0 Å². The Morgan fingerprint density at radius 3 is 2.71 bits per heavy atom. The Morgan fingerprint density at radius 1 is 1.29 bits per heavy atom. The van der Waals surface area contributed by atoms with E-state index in [-0.39, 0.29) is 11.7 Å². The predicted octanol–water partition coefficient (Wildman–Crippen LogP) is 2.31. The summed E-state index contributed by atoms with van der Waals surface area (Å²) in [6, 6.07) is 0. The van der Waals surface area contributed by atoms with Gasteiger partial charge in [0.25, 0.3) is 0 Å². The van der Waals surface area contributed by atoms with Gasteiger partial charge in [0.05, 0.1) is 6.42 Å². The highest BCUT2D eigenvalue weighted by Crippen LogP contribution is 2.16. The van der Waals surface area contributed by atoms with Crippen LogP contribution in [0, 0.1) is 5.92 Å². The number of nitrogens with one attached hydrogen (secondary N) is 1. The number of nitrogens with zero attached hydrogens (tertiary/aromatic N) is 3. The van der Waals surface area contributed by atoms with Crippen LogP contribution < -0.4 is 0 Å². The van der Waals surface area contributed by atoms with Crippen molar-refractivity contribution in [1.82, 2.24) is 20.6 Å². The fourth-order valence-corrected chi connectivity index (χ4v) is 1.97. The first kappa shape index (κ1) is 13.8. The molecule has 1 aromatic heterocycles. The zero-order valence-electron chi connectivity index (χ0n) is 10.8. The molecule has 1 N–H and O–H groups in total. The number of carbonyl (C=O) groups excluding carboxylic acids is 1. The molecule has 0 saturated carbocycles. The van der Waals surface area contributed by atoms with Crippen molar-refractivity contribution in [2.45, 2.75) is 58.8 Å². The number of unbranched alkanes of at least 4 members (excludes halogenated alkanes) is 3. The lowest BCUT2D eigenvalue weighted by molar-refractivity contribution is -0.122. The second-order valence-electron chi connectivity index (χ2n) is 4.43. The van der Waals surface area contributed by atoms with Gasteiger partial charge in [-0.15, -0.1) is 10.2 Å². The summed E-state index contributed by atoms with van der Waals surface area (Å²) in [6.07, 6.45) is 7.06. The maximum absolute atomic E-state index is 12.0. The van der Waals surface area contributed by atoms with Gasteiger partial charge in [0.2, 0.25) is 0 Å². The number of Topliss-reactive ketones (excluding diaryl/α,β-unsaturated/α-hetero) is 1. The molecule has 0 aromatic carbocycles. The summed E-state index contributed by atoms with van der Waals surface area (Å²) in [5.41, 5.74) is 0. The Hall–Kier alpha value is -1.26. The summed E-state index contributed by atoms with van der Waals surface area (Å²) in [4.78, 5) is 12.0. The van der Waals surface area contributed by atoms with Crippen molar-refractivity contribution in [3.63, 3.8) is 0 Å². The van der Waals surface area contributed by atoms with Crippen molar-refractivity contribution in [3.05, 3.63) is 5.82 Å². The molecular formula is C12H22N4O. The molecule has 0 bridgehead atoms. The second-order valence-corrected chi connectivity index (χ2v) is 4.43. The smallest absolute Gasteiger partial charge is 0.181 e. The Bertz CT molecular complexity index is 310. The number of aromatic amines is 1. The van der Waals surface area contributed by atoms with E-state index in [1.807, 2.05) is 0 Å². The van der Waals surface area contributed by atoms with E-state index < -0.39 is 0 Å².